The van der Waals surface area contributed by atoms with Crippen LogP contribution in [-0.4, -0.2) is 23.2 Å². The summed E-state index contributed by atoms with van der Waals surface area (Å²) in [6.07, 6.45) is 0.733. The number of pyridine rings is 1. The molecule has 1 aromatic heterocycles. The maximum Gasteiger partial charge on any atom is 0.414 e. The SMILES string of the molecule is CC(C)(C)OC(=O)N1CC2CC2c2nc(C(C)(C)Nc3ccc(F)cc3)ccc21. The van der Waals surface area contributed by atoms with Gasteiger partial charge in [-0.2, -0.15) is 0 Å². The molecule has 1 saturated carbocycles. The van der Waals surface area contributed by atoms with E-state index in [-0.39, 0.29) is 11.9 Å². The van der Waals surface area contributed by atoms with Crippen molar-refractivity contribution in [2.24, 2.45) is 5.92 Å². The minimum Gasteiger partial charge on any atom is -0.443 e. The number of carbonyl (C=O) groups is 1. The molecule has 0 saturated heterocycles. The minimum absolute atomic E-state index is 0.262. The van der Waals surface area contributed by atoms with Gasteiger partial charge in [-0.1, -0.05) is 0 Å². The highest BCUT2D eigenvalue weighted by Crippen LogP contribution is 2.54. The fourth-order valence-electron chi connectivity index (χ4n) is 3.88. The van der Waals surface area contributed by atoms with Crippen molar-refractivity contribution in [3.63, 3.8) is 0 Å². The van der Waals surface area contributed by atoms with E-state index in [1.807, 2.05) is 46.8 Å². The summed E-state index contributed by atoms with van der Waals surface area (Å²) >= 11 is 0. The van der Waals surface area contributed by atoms with Gasteiger partial charge < -0.3 is 10.1 Å². The van der Waals surface area contributed by atoms with Gasteiger partial charge >= 0.3 is 6.09 Å². The standard InChI is InChI=1S/C23H28FN3O2/c1-22(2,3)29-21(28)27-13-14-12-17(14)20-18(27)10-11-19(25-20)23(4,5)26-16-8-6-15(24)7-9-16/h6-11,14,17,26H,12-13H2,1-5H3. The number of fused-ring (bicyclic) bond motifs is 3. The maximum absolute atomic E-state index is 13.2. The molecule has 1 aliphatic heterocycles. The number of anilines is 2. The molecule has 4 rings (SSSR count). The van der Waals surface area contributed by atoms with Crippen molar-refractivity contribution in [3.8, 4) is 0 Å². The van der Waals surface area contributed by atoms with Crippen LogP contribution in [0.5, 0.6) is 0 Å². The van der Waals surface area contributed by atoms with Crippen LogP contribution >= 0.6 is 0 Å². The summed E-state index contributed by atoms with van der Waals surface area (Å²) in [5, 5.41) is 3.43. The number of nitrogens with zero attached hydrogens (tertiary/aromatic N) is 2. The number of nitrogens with one attached hydrogen (secondary N) is 1. The summed E-state index contributed by atoms with van der Waals surface area (Å²) in [6.45, 7) is 10.4. The third kappa shape index (κ3) is 4.07. The van der Waals surface area contributed by atoms with Gasteiger partial charge in [-0.25, -0.2) is 9.18 Å². The first kappa shape index (κ1) is 19.7. The van der Waals surface area contributed by atoms with E-state index in [1.165, 1.54) is 12.1 Å². The average molecular weight is 397 g/mol. The summed E-state index contributed by atoms with van der Waals surface area (Å²) in [5.74, 6) is 0.596. The highest BCUT2D eigenvalue weighted by atomic mass is 19.1. The predicted molar refractivity (Wildman–Crippen MR) is 112 cm³/mol. The third-order valence-corrected chi connectivity index (χ3v) is 5.44. The van der Waals surface area contributed by atoms with Crippen molar-refractivity contribution in [1.82, 2.24) is 4.98 Å². The van der Waals surface area contributed by atoms with E-state index in [1.54, 1.807) is 17.0 Å². The Morgan fingerprint density at radius 3 is 2.48 bits per heavy atom. The van der Waals surface area contributed by atoms with E-state index in [0.29, 0.717) is 18.4 Å². The number of amides is 1. The monoisotopic (exact) mass is 397 g/mol. The van der Waals surface area contributed by atoms with Crippen LogP contribution in [0.3, 0.4) is 0 Å². The molecule has 0 radical (unpaired) electrons. The number of carbonyl (C=O) groups excluding carboxylic acids is 1. The lowest BCUT2D eigenvalue weighted by molar-refractivity contribution is 0.0576. The molecule has 0 spiro atoms. The normalized spacial score (nSPS) is 20.6. The van der Waals surface area contributed by atoms with E-state index in [4.69, 9.17) is 9.72 Å². The molecule has 2 heterocycles. The molecule has 2 atom stereocenters. The summed E-state index contributed by atoms with van der Waals surface area (Å²) in [4.78, 5) is 19.4. The van der Waals surface area contributed by atoms with Crippen LogP contribution in [0.4, 0.5) is 20.6 Å². The molecule has 1 aliphatic carbocycles. The van der Waals surface area contributed by atoms with Crippen molar-refractivity contribution in [2.75, 3.05) is 16.8 Å². The van der Waals surface area contributed by atoms with Gasteiger partial charge in [0, 0.05) is 18.2 Å². The Balaban J connectivity index is 1.61. The summed E-state index contributed by atoms with van der Waals surface area (Å²) in [7, 11) is 0. The van der Waals surface area contributed by atoms with Gasteiger partial charge in [0.05, 0.1) is 22.6 Å². The van der Waals surface area contributed by atoms with E-state index >= 15 is 0 Å². The van der Waals surface area contributed by atoms with E-state index < -0.39 is 11.1 Å². The quantitative estimate of drug-likeness (QED) is 0.751. The lowest BCUT2D eigenvalue weighted by atomic mass is 9.97. The third-order valence-electron chi connectivity index (χ3n) is 5.44. The van der Waals surface area contributed by atoms with E-state index in [0.717, 1.165) is 29.2 Å². The summed E-state index contributed by atoms with van der Waals surface area (Å²) in [6, 6.07) is 10.2. The Kier molecular flexibility index (Phi) is 4.56. The van der Waals surface area contributed by atoms with Crippen LogP contribution in [0.2, 0.25) is 0 Å². The lowest BCUT2D eigenvalue weighted by Crippen LogP contribution is -2.40. The van der Waals surface area contributed by atoms with Gasteiger partial charge in [0.15, 0.2) is 0 Å². The Morgan fingerprint density at radius 1 is 1.14 bits per heavy atom. The Bertz CT molecular complexity index is 934. The molecule has 1 aromatic carbocycles. The summed E-state index contributed by atoms with van der Waals surface area (Å²) < 4.78 is 18.8. The number of benzene rings is 1. The highest BCUT2D eigenvalue weighted by molar-refractivity contribution is 5.90. The second-order valence-electron chi connectivity index (χ2n) is 9.55. The van der Waals surface area contributed by atoms with Gasteiger partial charge in [-0.05, 0) is 83.4 Å². The van der Waals surface area contributed by atoms with Crippen LogP contribution in [0.25, 0.3) is 0 Å². The van der Waals surface area contributed by atoms with Crippen molar-refractivity contribution < 1.29 is 13.9 Å². The molecule has 1 fully saturated rings. The topological polar surface area (TPSA) is 54.5 Å². The zero-order valence-corrected chi connectivity index (χ0v) is 17.6. The van der Waals surface area contributed by atoms with Crippen molar-refractivity contribution in [1.29, 1.82) is 0 Å². The lowest BCUT2D eigenvalue weighted by Gasteiger charge is -2.33. The van der Waals surface area contributed by atoms with Gasteiger partial charge in [-0.3, -0.25) is 9.88 Å². The number of rotatable bonds is 3. The van der Waals surface area contributed by atoms with Gasteiger partial charge in [0.2, 0.25) is 0 Å². The van der Waals surface area contributed by atoms with Crippen LogP contribution in [0.15, 0.2) is 36.4 Å². The Morgan fingerprint density at radius 2 is 1.83 bits per heavy atom. The van der Waals surface area contributed by atoms with E-state index in [2.05, 4.69) is 5.32 Å². The van der Waals surface area contributed by atoms with Crippen LogP contribution < -0.4 is 10.2 Å². The van der Waals surface area contributed by atoms with Gasteiger partial charge in [0.25, 0.3) is 0 Å². The van der Waals surface area contributed by atoms with Crippen LogP contribution in [0.1, 0.15) is 58.3 Å². The first-order valence-corrected chi connectivity index (χ1v) is 10.1. The zero-order valence-electron chi connectivity index (χ0n) is 17.6. The first-order chi connectivity index (χ1) is 13.5. The molecule has 6 heteroatoms. The van der Waals surface area contributed by atoms with Gasteiger partial charge in [0.1, 0.15) is 11.4 Å². The number of aromatic nitrogens is 1. The highest BCUT2D eigenvalue weighted by Gasteiger charge is 2.48. The number of ether oxygens (including phenoxy) is 1. The van der Waals surface area contributed by atoms with Crippen molar-refractivity contribution in [2.45, 2.75) is 58.1 Å². The van der Waals surface area contributed by atoms with Crippen LogP contribution in [-0.2, 0) is 10.3 Å². The summed E-state index contributed by atoms with van der Waals surface area (Å²) in [5.41, 5.74) is 2.54. The molecule has 2 unspecified atom stereocenters. The molecule has 1 N–H and O–H groups in total. The zero-order chi connectivity index (χ0) is 21.0. The smallest absolute Gasteiger partial charge is 0.414 e. The molecular formula is C23H28FN3O2. The molecule has 5 nitrogen and oxygen atoms in total. The second kappa shape index (κ2) is 6.71. The molecular weight excluding hydrogens is 369 g/mol. The molecule has 0 bridgehead atoms. The number of hydrogen-bond acceptors (Lipinski definition) is 4. The fraction of sp³-hybridized carbons (Fsp3) is 0.478. The maximum atomic E-state index is 13.2. The molecule has 2 aromatic rings. The first-order valence-electron chi connectivity index (χ1n) is 10.1. The number of halogens is 1. The number of hydrogen-bond donors (Lipinski definition) is 1. The fourth-order valence-corrected chi connectivity index (χ4v) is 3.88. The molecule has 29 heavy (non-hydrogen) atoms. The largest absolute Gasteiger partial charge is 0.443 e. The molecule has 154 valence electrons. The predicted octanol–water partition coefficient (Wildman–Crippen LogP) is 5.43. The average Bonchev–Trinajstić information content (AvgIpc) is 3.41. The van der Waals surface area contributed by atoms with E-state index in [9.17, 15) is 9.18 Å². The van der Waals surface area contributed by atoms with Crippen molar-refractivity contribution >= 4 is 17.5 Å². The van der Waals surface area contributed by atoms with Gasteiger partial charge in [-0.15, -0.1) is 0 Å². The Hall–Kier alpha value is -2.63. The van der Waals surface area contributed by atoms with Crippen molar-refractivity contribution in [3.05, 3.63) is 53.6 Å². The minimum atomic E-state index is -0.536. The molecule has 2 aliphatic rings. The van der Waals surface area contributed by atoms with Crippen LogP contribution in [0, 0.1) is 11.7 Å². The Labute approximate surface area is 171 Å². The molecule has 1 amide bonds. The second-order valence-corrected chi connectivity index (χ2v) is 9.55.